The zero-order valence-corrected chi connectivity index (χ0v) is 11.1. The normalized spacial score (nSPS) is 10.5. The van der Waals surface area contributed by atoms with Gasteiger partial charge >= 0.3 is 5.97 Å². The Morgan fingerprint density at radius 3 is 2.68 bits per heavy atom. The van der Waals surface area contributed by atoms with E-state index < -0.39 is 5.97 Å². The summed E-state index contributed by atoms with van der Waals surface area (Å²) in [6.07, 6.45) is 1.45. The van der Waals surface area contributed by atoms with Crippen molar-refractivity contribution in [3.63, 3.8) is 0 Å². The number of aromatic nitrogens is 2. The van der Waals surface area contributed by atoms with E-state index in [2.05, 4.69) is 5.10 Å². The van der Waals surface area contributed by atoms with Gasteiger partial charge in [-0.25, -0.2) is 9.48 Å². The molecule has 0 saturated carbocycles. The molecule has 2 aromatic rings. The maximum absolute atomic E-state index is 11.9. The summed E-state index contributed by atoms with van der Waals surface area (Å²) in [7, 11) is 0. The molecule has 0 aliphatic heterocycles. The number of carbonyl (C=O) groups is 1. The number of aliphatic hydroxyl groups is 1. The zero-order valence-electron chi connectivity index (χ0n) is 10.3. The second-order valence-electron chi connectivity index (χ2n) is 3.79. The van der Waals surface area contributed by atoms with E-state index in [1.165, 1.54) is 10.9 Å². The predicted octanol–water partition coefficient (Wildman–Crippen LogP) is 2.19. The average Bonchev–Trinajstić information content (AvgIpc) is 2.83. The molecule has 5 nitrogen and oxygen atoms in total. The number of esters is 1. The molecule has 0 aliphatic carbocycles. The van der Waals surface area contributed by atoms with Crippen LogP contribution >= 0.6 is 11.6 Å². The van der Waals surface area contributed by atoms with Gasteiger partial charge in [-0.3, -0.25) is 0 Å². The maximum Gasteiger partial charge on any atom is 0.357 e. The van der Waals surface area contributed by atoms with Crippen molar-refractivity contribution in [1.82, 2.24) is 9.78 Å². The molecule has 100 valence electrons. The summed E-state index contributed by atoms with van der Waals surface area (Å²) in [5.41, 5.74) is 1.33. The third kappa shape index (κ3) is 2.77. The highest BCUT2D eigenvalue weighted by Crippen LogP contribution is 2.18. The molecular formula is C13H13ClN2O3. The van der Waals surface area contributed by atoms with Crippen LogP contribution in [-0.4, -0.2) is 27.5 Å². The molecule has 0 saturated heterocycles. The summed E-state index contributed by atoms with van der Waals surface area (Å²) in [4.78, 5) is 11.9. The molecule has 1 heterocycles. The lowest BCUT2D eigenvalue weighted by atomic mass is 10.2. The van der Waals surface area contributed by atoms with Crippen molar-refractivity contribution in [2.75, 3.05) is 6.61 Å². The van der Waals surface area contributed by atoms with Gasteiger partial charge in [-0.05, 0) is 31.2 Å². The van der Waals surface area contributed by atoms with E-state index >= 15 is 0 Å². The molecule has 0 amide bonds. The number of benzene rings is 1. The topological polar surface area (TPSA) is 64.3 Å². The van der Waals surface area contributed by atoms with E-state index in [0.717, 1.165) is 0 Å². The third-order valence-electron chi connectivity index (χ3n) is 2.56. The standard InChI is InChI=1S/C13H13ClN2O3/c1-2-19-13(18)12-9(8-17)7-15-16(12)11-5-3-10(14)4-6-11/h3-7,17H,2,8H2,1H3. The highest BCUT2D eigenvalue weighted by atomic mass is 35.5. The van der Waals surface area contributed by atoms with Crippen LogP contribution in [-0.2, 0) is 11.3 Å². The number of nitrogens with zero attached hydrogens (tertiary/aromatic N) is 2. The van der Waals surface area contributed by atoms with E-state index in [-0.39, 0.29) is 18.9 Å². The van der Waals surface area contributed by atoms with Crippen LogP contribution in [0.5, 0.6) is 0 Å². The first kappa shape index (κ1) is 13.6. The van der Waals surface area contributed by atoms with Gasteiger partial charge in [0, 0.05) is 10.6 Å². The van der Waals surface area contributed by atoms with Crippen molar-refractivity contribution in [1.29, 1.82) is 0 Å². The minimum atomic E-state index is -0.515. The number of rotatable bonds is 4. The highest BCUT2D eigenvalue weighted by Gasteiger charge is 2.20. The largest absolute Gasteiger partial charge is 0.461 e. The number of hydrogen-bond donors (Lipinski definition) is 1. The number of hydrogen-bond acceptors (Lipinski definition) is 4. The van der Waals surface area contributed by atoms with Crippen molar-refractivity contribution in [2.45, 2.75) is 13.5 Å². The van der Waals surface area contributed by atoms with Gasteiger partial charge in [0.25, 0.3) is 0 Å². The van der Waals surface area contributed by atoms with Crippen LogP contribution in [0, 0.1) is 0 Å². The third-order valence-corrected chi connectivity index (χ3v) is 2.81. The summed E-state index contributed by atoms with van der Waals surface area (Å²) in [5.74, 6) is -0.515. The van der Waals surface area contributed by atoms with Gasteiger partial charge in [0.05, 0.1) is 25.1 Å². The lowest BCUT2D eigenvalue weighted by Crippen LogP contribution is -2.14. The van der Waals surface area contributed by atoms with Crippen molar-refractivity contribution in [2.24, 2.45) is 0 Å². The van der Waals surface area contributed by atoms with Gasteiger partial charge in [-0.1, -0.05) is 11.6 Å². The Bertz CT molecular complexity index is 578. The van der Waals surface area contributed by atoms with Gasteiger partial charge in [0.15, 0.2) is 5.69 Å². The van der Waals surface area contributed by atoms with E-state index in [1.807, 2.05) is 0 Å². The van der Waals surface area contributed by atoms with Crippen LogP contribution in [0.1, 0.15) is 23.0 Å². The Kier molecular flexibility index (Phi) is 4.19. The van der Waals surface area contributed by atoms with Gasteiger partial charge in [-0.2, -0.15) is 5.10 Å². The van der Waals surface area contributed by atoms with Crippen molar-refractivity contribution in [3.05, 3.63) is 46.7 Å². The molecule has 0 radical (unpaired) electrons. The fraction of sp³-hybridized carbons (Fsp3) is 0.231. The Morgan fingerprint density at radius 2 is 2.11 bits per heavy atom. The summed E-state index contributed by atoms with van der Waals surface area (Å²) >= 11 is 5.82. The monoisotopic (exact) mass is 280 g/mol. The highest BCUT2D eigenvalue weighted by molar-refractivity contribution is 6.30. The number of ether oxygens (including phenoxy) is 1. The number of carbonyl (C=O) groups excluding carboxylic acids is 1. The lowest BCUT2D eigenvalue weighted by molar-refractivity contribution is 0.0512. The second kappa shape index (κ2) is 5.86. The summed E-state index contributed by atoms with van der Waals surface area (Å²) in [6, 6.07) is 6.87. The van der Waals surface area contributed by atoms with E-state index in [9.17, 15) is 9.90 Å². The van der Waals surface area contributed by atoms with Crippen LogP contribution in [0.2, 0.25) is 5.02 Å². The van der Waals surface area contributed by atoms with E-state index in [1.54, 1.807) is 31.2 Å². The van der Waals surface area contributed by atoms with Crippen LogP contribution in [0.15, 0.2) is 30.5 Å². The molecule has 1 aromatic heterocycles. The number of aliphatic hydroxyl groups excluding tert-OH is 1. The second-order valence-corrected chi connectivity index (χ2v) is 4.22. The predicted molar refractivity (Wildman–Crippen MR) is 70.5 cm³/mol. The van der Waals surface area contributed by atoms with Crippen LogP contribution < -0.4 is 0 Å². The molecule has 0 spiro atoms. The van der Waals surface area contributed by atoms with Gasteiger partial charge in [0.2, 0.25) is 0 Å². The quantitative estimate of drug-likeness (QED) is 0.872. The van der Waals surface area contributed by atoms with Gasteiger partial charge < -0.3 is 9.84 Å². The first-order chi connectivity index (χ1) is 9.17. The summed E-state index contributed by atoms with van der Waals surface area (Å²) in [6.45, 7) is 1.71. The Labute approximate surface area is 115 Å². The van der Waals surface area contributed by atoms with Crippen molar-refractivity contribution in [3.8, 4) is 5.69 Å². The fourth-order valence-corrected chi connectivity index (χ4v) is 1.82. The molecule has 2 rings (SSSR count). The Hall–Kier alpha value is -1.85. The fourth-order valence-electron chi connectivity index (χ4n) is 1.69. The Balaban J connectivity index is 2.48. The van der Waals surface area contributed by atoms with Gasteiger partial charge in [0.1, 0.15) is 0 Å². The lowest BCUT2D eigenvalue weighted by Gasteiger charge is -2.08. The zero-order chi connectivity index (χ0) is 13.8. The van der Waals surface area contributed by atoms with Crippen LogP contribution in [0.4, 0.5) is 0 Å². The van der Waals surface area contributed by atoms with Gasteiger partial charge in [-0.15, -0.1) is 0 Å². The molecule has 6 heteroatoms. The smallest absolute Gasteiger partial charge is 0.357 e. The molecule has 1 aromatic carbocycles. The van der Waals surface area contributed by atoms with Crippen molar-refractivity contribution >= 4 is 17.6 Å². The molecule has 19 heavy (non-hydrogen) atoms. The molecule has 0 bridgehead atoms. The van der Waals surface area contributed by atoms with E-state index in [0.29, 0.717) is 16.3 Å². The van der Waals surface area contributed by atoms with Crippen molar-refractivity contribution < 1.29 is 14.6 Å². The molecule has 0 unspecified atom stereocenters. The molecule has 0 atom stereocenters. The first-order valence-electron chi connectivity index (χ1n) is 5.78. The molecule has 0 fully saturated rings. The number of halogens is 1. The molecule has 0 aliphatic rings. The van der Waals surface area contributed by atoms with Crippen LogP contribution in [0.3, 0.4) is 0 Å². The average molecular weight is 281 g/mol. The maximum atomic E-state index is 11.9. The Morgan fingerprint density at radius 1 is 1.42 bits per heavy atom. The first-order valence-corrected chi connectivity index (χ1v) is 6.16. The molecule has 1 N–H and O–H groups in total. The summed E-state index contributed by atoms with van der Waals surface area (Å²) < 4.78 is 6.41. The summed E-state index contributed by atoms with van der Waals surface area (Å²) in [5, 5.41) is 14.0. The van der Waals surface area contributed by atoms with E-state index in [4.69, 9.17) is 16.3 Å². The minimum absolute atomic E-state index is 0.228. The van der Waals surface area contributed by atoms with Crippen LogP contribution in [0.25, 0.3) is 5.69 Å². The SMILES string of the molecule is CCOC(=O)c1c(CO)cnn1-c1ccc(Cl)cc1. The molecular weight excluding hydrogens is 268 g/mol. The minimum Gasteiger partial charge on any atom is -0.461 e.